The van der Waals surface area contributed by atoms with Crippen molar-refractivity contribution in [2.24, 2.45) is 17.5 Å². The molecule has 1 saturated carbocycles. The first-order chi connectivity index (χ1) is 11.2. The number of nitrogens with zero attached hydrogens (tertiary/aromatic N) is 4. The Balaban J connectivity index is 1.61. The summed E-state index contributed by atoms with van der Waals surface area (Å²) in [6, 6.07) is 0. The number of guanidine groups is 1. The van der Waals surface area contributed by atoms with Crippen LogP contribution in [0.2, 0.25) is 0 Å². The van der Waals surface area contributed by atoms with Gasteiger partial charge in [0.05, 0.1) is 6.20 Å². The molecule has 1 aliphatic carbocycles. The van der Waals surface area contributed by atoms with Crippen LogP contribution in [0.15, 0.2) is 17.4 Å². The molecule has 1 saturated heterocycles. The first kappa shape index (κ1) is 16.3. The quantitative estimate of drug-likeness (QED) is 0.674. The molecule has 5 heteroatoms. The highest BCUT2D eigenvalue weighted by Crippen LogP contribution is 2.42. The van der Waals surface area contributed by atoms with Gasteiger partial charge in [-0.05, 0) is 31.1 Å². The predicted molar refractivity (Wildman–Crippen MR) is 94.3 cm³/mol. The van der Waals surface area contributed by atoms with E-state index >= 15 is 0 Å². The van der Waals surface area contributed by atoms with Gasteiger partial charge < -0.3 is 10.2 Å². The molecule has 5 nitrogen and oxygen atoms in total. The Morgan fingerprint density at radius 2 is 1.96 bits per heavy atom. The molecular weight excluding hydrogens is 286 g/mol. The van der Waals surface area contributed by atoms with Crippen LogP contribution in [0.25, 0.3) is 0 Å². The van der Waals surface area contributed by atoms with E-state index in [0.29, 0.717) is 5.41 Å². The molecule has 1 aromatic heterocycles. The lowest BCUT2D eigenvalue weighted by atomic mass is 9.74. The van der Waals surface area contributed by atoms with Gasteiger partial charge in [0.2, 0.25) is 0 Å². The van der Waals surface area contributed by atoms with Crippen molar-refractivity contribution in [1.29, 1.82) is 0 Å². The van der Waals surface area contributed by atoms with E-state index in [1.54, 1.807) is 0 Å². The van der Waals surface area contributed by atoms with Gasteiger partial charge in [-0.3, -0.25) is 9.67 Å². The van der Waals surface area contributed by atoms with Crippen molar-refractivity contribution in [2.45, 2.75) is 57.9 Å². The average molecular weight is 317 g/mol. The third-order valence-electron chi connectivity index (χ3n) is 5.55. The molecule has 2 aliphatic rings. The maximum Gasteiger partial charge on any atom is 0.193 e. The maximum atomic E-state index is 4.54. The molecule has 1 aliphatic heterocycles. The molecule has 1 N–H and O–H groups in total. The van der Waals surface area contributed by atoms with Crippen LogP contribution in [-0.4, -0.2) is 40.8 Å². The standard InChI is InChI=1S/C18H31N5/c1-19-17(20-12-16-13-21-22(2)14-16)23-11-7-10-18(15-23)8-5-3-4-6-9-18/h13-14H,3-12,15H2,1-2H3,(H,19,20). The number of aliphatic imine (C=N–C) groups is 1. The summed E-state index contributed by atoms with van der Waals surface area (Å²) in [5, 5.41) is 7.76. The van der Waals surface area contributed by atoms with Crippen molar-refractivity contribution < 1.29 is 0 Å². The molecule has 0 atom stereocenters. The van der Waals surface area contributed by atoms with Crippen molar-refractivity contribution >= 4 is 5.96 Å². The fourth-order valence-electron chi connectivity index (χ4n) is 4.35. The smallest absolute Gasteiger partial charge is 0.193 e. The summed E-state index contributed by atoms with van der Waals surface area (Å²) >= 11 is 0. The van der Waals surface area contributed by atoms with E-state index in [4.69, 9.17) is 0 Å². The second-order valence-electron chi connectivity index (χ2n) is 7.36. The van der Waals surface area contributed by atoms with Gasteiger partial charge in [-0.2, -0.15) is 5.10 Å². The summed E-state index contributed by atoms with van der Waals surface area (Å²) in [6.07, 6.45) is 15.2. The lowest BCUT2D eigenvalue weighted by Crippen LogP contribution is -2.50. The van der Waals surface area contributed by atoms with Gasteiger partial charge in [-0.15, -0.1) is 0 Å². The number of hydrogen-bond donors (Lipinski definition) is 1. The number of nitrogens with one attached hydrogen (secondary N) is 1. The number of aryl methyl sites for hydroxylation is 1. The van der Waals surface area contributed by atoms with Crippen LogP contribution < -0.4 is 5.32 Å². The Morgan fingerprint density at radius 1 is 1.22 bits per heavy atom. The largest absolute Gasteiger partial charge is 0.352 e. The van der Waals surface area contributed by atoms with Gasteiger partial charge in [-0.1, -0.05) is 25.7 Å². The molecule has 0 bridgehead atoms. The number of rotatable bonds is 2. The highest BCUT2D eigenvalue weighted by Gasteiger charge is 2.36. The van der Waals surface area contributed by atoms with Crippen LogP contribution in [0.1, 0.15) is 56.9 Å². The van der Waals surface area contributed by atoms with Crippen molar-refractivity contribution in [1.82, 2.24) is 20.0 Å². The predicted octanol–water partition coefficient (Wildman–Crippen LogP) is 2.93. The van der Waals surface area contributed by atoms with Crippen LogP contribution in [0.3, 0.4) is 0 Å². The summed E-state index contributed by atoms with van der Waals surface area (Å²) in [4.78, 5) is 7.03. The highest BCUT2D eigenvalue weighted by molar-refractivity contribution is 5.80. The molecule has 0 unspecified atom stereocenters. The summed E-state index contributed by atoms with van der Waals surface area (Å²) in [7, 11) is 3.86. The molecule has 3 rings (SSSR count). The number of aromatic nitrogens is 2. The Kier molecular flexibility index (Phi) is 5.23. The van der Waals surface area contributed by atoms with Gasteiger partial charge in [0, 0.05) is 45.5 Å². The minimum Gasteiger partial charge on any atom is -0.352 e. The third kappa shape index (κ3) is 4.06. The van der Waals surface area contributed by atoms with Crippen LogP contribution in [0, 0.1) is 5.41 Å². The van der Waals surface area contributed by atoms with E-state index in [-0.39, 0.29) is 0 Å². The zero-order valence-corrected chi connectivity index (χ0v) is 14.7. The zero-order chi connectivity index (χ0) is 16.1. The van der Waals surface area contributed by atoms with Crippen LogP contribution in [0.4, 0.5) is 0 Å². The second-order valence-corrected chi connectivity index (χ2v) is 7.36. The van der Waals surface area contributed by atoms with E-state index < -0.39 is 0 Å². The minimum atomic E-state index is 0.542. The first-order valence-electron chi connectivity index (χ1n) is 9.14. The molecule has 1 spiro atoms. The van der Waals surface area contributed by atoms with Gasteiger partial charge in [-0.25, -0.2) is 0 Å². The van der Waals surface area contributed by atoms with Gasteiger partial charge in [0.25, 0.3) is 0 Å². The Labute approximate surface area is 140 Å². The Bertz CT molecular complexity index is 525. The molecule has 2 fully saturated rings. The van der Waals surface area contributed by atoms with E-state index in [1.807, 2.05) is 25.0 Å². The lowest BCUT2D eigenvalue weighted by Gasteiger charge is -2.44. The minimum absolute atomic E-state index is 0.542. The van der Waals surface area contributed by atoms with E-state index in [1.165, 1.54) is 63.5 Å². The van der Waals surface area contributed by atoms with Gasteiger partial charge in [0.1, 0.15) is 0 Å². The van der Waals surface area contributed by atoms with E-state index in [2.05, 4.69) is 26.5 Å². The molecule has 1 aromatic rings. The molecule has 2 heterocycles. The van der Waals surface area contributed by atoms with Gasteiger partial charge >= 0.3 is 0 Å². The first-order valence-corrected chi connectivity index (χ1v) is 9.14. The van der Waals surface area contributed by atoms with E-state index in [0.717, 1.165) is 19.0 Å². The molecule has 0 amide bonds. The van der Waals surface area contributed by atoms with Crippen molar-refractivity contribution in [3.05, 3.63) is 18.0 Å². The number of hydrogen-bond acceptors (Lipinski definition) is 2. The fraction of sp³-hybridized carbons (Fsp3) is 0.778. The normalized spacial score (nSPS) is 22.2. The number of likely N-dealkylation sites (tertiary alicyclic amines) is 1. The summed E-state index contributed by atoms with van der Waals surface area (Å²) in [6.45, 7) is 3.11. The monoisotopic (exact) mass is 317 g/mol. The highest BCUT2D eigenvalue weighted by atomic mass is 15.3. The Hall–Kier alpha value is -1.52. The summed E-state index contributed by atoms with van der Waals surface area (Å²) in [5.41, 5.74) is 1.75. The SMILES string of the molecule is CN=C(NCc1cnn(C)c1)N1CCCC2(CCCCCC2)C1. The summed E-state index contributed by atoms with van der Waals surface area (Å²) in [5.74, 6) is 1.05. The maximum absolute atomic E-state index is 4.54. The fourth-order valence-corrected chi connectivity index (χ4v) is 4.35. The topological polar surface area (TPSA) is 45.5 Å². The molecule has 0 radical (unpaired) electrons. The molecule has 128 valence electrons. The van der Waals surface area contributed by atoms with E-state index in [9.17, 15) is 0 Å². The van der Waals surface area contributed by atoms with Crippen LogP contribution in [-0.2, 0) is 13.6 Å². The van der Waals surface area contributed by atoms with Crippen LogP contribution >= 0.6 is 0 Å². The van der Waals surface area contributed by atoms with Crippen molar-refractivity contribution in [2.75, 3.05) is 20.1 Å². The van der Waals surface area contributed by atoms with Crippen molar-refractivity contribution in [3.8, 4) is 0 Å². The van der Waals surface area contributed by atoms with Crippen molar-refractivity contribution in [3.63, 3.8) is 0 Å². The second kappa shape index (κ2) is 7.37. The average Bonchev–Trinajstić information content (AvgIpc) is 2.84. The van der Waals surface area contributed by atoms with Gasteiger partial charge in [0.15, 0.2) is 5.96 Å². The molecular formula is C18H31N5. The third-order valence-corrected chi connectivity index (χ3v) is 5.55. The molecule has 0 aromatic carbocycles. The Morgan fingerprint density at radius 3 is 2.61 bits per heavy atom. The number of piperidine rings is 1. The summed E-state index contributed by atoms with van der Waals surface area (Å²) < 4.78 is 1.85. The zero-order valence-electron chi connectivity index (χ0n) is 14.7. The molecule has 23 heavy (non-hydrogen) atoms. The lowest BCUT2D eigenvalue weighted by molar-refractivity contribution is 0.115. The van der Waals surface area contributed by atoms with Crippen LogP contribution in [0.5, 0.6) is 0 Å².